The minimum Gasteiger partial charge on any atom is -0.465 e. The van der Waals surface area contributed by atoms with E-state index in [4.69, 9.17) is 4.74 Å². The molecule has 2 rings (SSSR count). The summed E-state index contributed by atoms with van der Waals surface area (Å²) in [5.41, 5.74) is -0.576. The van der Waals surface area contributed by atoms with Gasteiger partial charge in [0.1, 0.15) is 5.04 Å². The van der Waals surface area contributed by atoms with Gasteiger partial charge in [-0.1, -0.05) is 13.8 Å². The van der Waals surface area contributed by atoms with Gasteiger partial charge < -0.3 is 4.74 Å². The monoisotopic (exact) mass is 360 g/mol. The van der Waals surface area contributed by atoms with Gasteiger partial charge in [0.05, 0.1) is 18.4 Å². The van der Waals surface area contributed by atoms with Crippen molar-refractivity contribution in [2.24, 2.45) is 10.9 Å². The van der Waals surface area contributed by atoms with Crippen molar-refractivity contribution in [1.82, 2.24) is 4.98 Å². The second-order valence-electron chi connectivity index (χ2n) is 5.90. The van der Waals surface area contributed by atoms with Gasteiger partial charge >= 0.3 is 12.1 Å². The van der Waals surface area contributed by atoms with Gasteiger partial charge in [0.25, 0.3) is 0 Å². The summed E-state index contributed by atoms with van der Waals surface area (Å²) in [7, 11) is 1.21. The molecule has 1 aliphatic rings. The molecule has 132 valence electrons. The lowest BCUT2D eigenvalue weighted by atomic mass is 9.91. The lowest BCUT2D eigenvalue weighted by Crippen LogP contribution is -2.23. The Balaban J connectivity index is 2.85. The van der Waals surface area contributed by atoms with Gasteiger partial charge in [0.2, 0.25) is 0 Å². The maximum atomic E-state index is 13.6. The smallest absolute Gasteiger partial charge is 0.434 e. The molecule has 0 saturated heterocycles. The van der Waals surface area contributed by atoms with Crippen molar-refractivity contribution in [3.05, 3.63) is 28.1 Å². The van der Waals surface area contributed by atoms with E-state index in [9.17, 15) is 18.0 Å². The molecular weight excluding hydrogens is 341 g/mol. The third-order valence-corrected chi connectivity index (χ3v) is 4.54. The number of aromatic nitrogens is 1. The minimum atomic E-state index is -4.62. The lowest BCUT2D eigenvalue weighted by Gasteiger charge is -2.21. The number of ether oxygens (including phenoxy) is 1. The summed E-state index contributed by atoms with van der Waals surface area (Å²) in [6, 6.07) is 0. The van der Waals surface area contributed by atoms with Crippen LogP contribution < -0.4 is 0 Å². The Morgan fingerprint density at radius 1 is 1.38 bits per heavy atom. The molecule has 0 unspecified atom stereocenters. The number of esters is 1. The number of pyridine rings is 1. The number of nitrogens with zero attached hydrogens (tertiary/aromatic N) is 2. The number of carbonyl (C=O) groups excluding carboxylic acids is 1. The van der Waals surface area contributed by atoms with Gasteiger partial charge in [-0.25, -0.2) is 9.78 Å². The van der Waals surface area contributed by atoms with E-state index in [1.165, 1.54) is 25.8 Å². The molecule has 0 atom stereocenters. The molecule has 0 amide bonds. The quantitative estimate of drug-likeness (QED) is 0.765. The molecule has 24 heavy (non-hydrogen) atoms. The summed E-state index contributed by atoms with van der Waals surface area (Å²) in [6.45, 7) is 5.63. The summed E-state index contributed by atoms with van der Waals surface area (Å²) in [4.78, 5) is 20.1. The number of aryl methyl sites for hydroxylation is 1. The van der Waals surface area contributed by atoms with Crippen LogP contribution in [0.1, 0.15) is 46.7 Å². The maximum Gasteiger partial charge on any atom is 0.434 e. The van der Waals surface area contributed by atoms with Gasteiger partial charge in [-0.05, 0) is 24.8 Å². The van der Waals surface area contributed by atoms with Crippen LogP contribution in [0, 0.1) is 12.8 Å². The molecule has 0 fully saturated rings. The normalized spacial score (nSPS) is 14.9. The second kappa shape index (κ2) is 7.13. The van der Waals surface area contributed by atoms with Gasteiger partial charge in [-0.3, -0.25) is 4.99 Å². The zero-order valence-electron chi connectivity index (χ0n) is 14.0. The third-order valence-electron chi connectivity index (χ3n) is 3.55. The first-order valence-corrected chi connectivity index (χ1v) is 8.52. The fraction of sp³-hybridized carbons (Fsp3) is 0.562. The van der Waals surface area contributed by atoms with Crippen LogP contribution in [0.3, 0.4) is 0 Å². The van der Waals surface area contributed by atoms with E-state index in [0.717, 1.165) is 0 Å². The number of thioether (sulfide) groups is 1. The summed E-state index contributed by atoms with van der Waals surface area (Å²) < 4.78 is 45.5. The predicted octanol–water partition coefficient (Wildman–Crippen LogP) is 3.89. The second-order valence-corrected chi connectivity index (χ2v) is 6.98. The molecule has 0 N–H and O–H groups in total. The fourth-order valence-electron chi connectivity index (χ4n) is 2.67. The maximum absolute atomic E-state index is 13.6. The first-order valence-electron chi connectivity index (χ1n) is 7.53. The van der Waals surface area contributed by atoms with Crippen molar-refractivity contribution in [3.8, 4) is 0 Å². The van der Waals surface area contributed by atoms with Crippen molar-refractivity contribution in [2.75, 3.05) is 19.4 Å². The van der Waals surface area contributed by atoms with Crippen LogP contribution in [0.15, 0.2) is 4.99 Å². The molecule has 0 aliphatic carbocycles. The highest BCUT2D eigenvalue weighted by Gasteiger charge is 2.40. The van der Waals surface area contributed by atoms with Crippen LogP contribution in [0.25, 0.3) is 0 Å². The molecule has 2 heterocycles. The minimum absolute atomic E-state index is 0.0252. The number of carbonyl (C=O) groups is 1. The van der Waals surface area contributed by atoms with Gasteiger partial charge in [-0.15, -0.1) is 11.8 Å². The van der Waals surface area contributed by atoms with Crippen molar-refractivity contribution in [3.63, 3.8) is 0 Å². The average Bonchev–Trinajstić information content (AvgIpc) is 2.98. The summed E-state index contributed by atoms with van der Waals surface area (Å²) in [6.07, 6.45) is -4.31. The van der Waals surface area contributed by atoms with E-state index < -0.39 is 17.8 Å². The highest BCUT2D eigenvalue weighted by molar-refractivity contribution is 8.14. The Morgan fingerprint density at radius 2 is 2.04 bits per heavy atom. The zero-order chi connectivity index (χ0) is 18.1. The summed E-state index contributed by atoms with van der Waals surface area (Å²) >= 11 is 1.26. The molecule has 0 bridgehead atoms. The van der Waals surface area contributed by atoms with E-state index >= 15 is 0 Å². The number of halogens is 3. The van der Waals surface area contributed by atoms with Gasteiger partial charge in [0, 0.05) is 17.9 Å². The molecule has 1 aromatic heterocycles. The van der Waals surface area contributed by atoms with E-state index in [1.807, 2.05) is 13.8 Å². The Morgan fingerprint density at radius 3 is 2.50 bits per heavy atom. The van der Waals surface area contributed by atoms with E-state index in [2.05, 4.69) is 9.98 Å². The van der Waals surface area contributed by atoms with Crippen molar-refractivity contribution in [2.45, 2.75) is 33.4 Å². The van der Waals surface area contributed by atoms with E-state index in [-0.39, 0.29) is 22.7 Å². The topological polar surface area (TPSA) is 51.5 Å². The number of rotatable bonds is 4. The Kier molecular flexibility index (Phi) is 5.57. The van der Waals surface area contributed by atoms with Crippen LogP contribution in [0.5, 0.6) is 0 Å². The first kappa shape index (κ1) is 18.8. The fourth-order valence-corrected chi connectivity index (χ4v) is 3.60. The molecule has 4 nitrogen and oxygen atoms in total. The Bertz CT molecular complexity index is 685. The van der Waals surface area contributed by atoms with E-state index in [0.29, 0.717) is 29.3 Å². The number of alkyl halides is 3. The Hall–Kier alpha value is -1.57. The molecule has 0 saturated carbocycles. The van der Waals surface area contributed by atoms with Crippen molar-refractivity contribution < 1.29 is 22.7 Å². The zero-order valence-corrected chi connectivity index (χ0v) is 14.8. The lowest BCUT2D eigenvalue weighted by molar-refractivity contribution is -0.141. The average molecular weight is 360 g/mol. The molecule has 8 heteroatoms. The molecule has 1 aromatic rings. The molecule has 0 aromatic carbocycles. The van der Waals surface area contributed by atoms with Crippen LogP contribution in [-0.2, 0) is 17.3 Å². The van der Waals surface area contributed by atoms with Crippen LogP contribution in [0.4, 0.5) is 13.2 Å². The van der Waals surface area contributed by atoms with Gasteiger partial charge in [-0.2, -0.15) is 13.2 Å². The standard InChI is InChI=1S/C16H19F3N2O2S/c1-8(2)7-10-11(15(22)23-4)9(3)21-13(16(17,18)19)12(10)14-20-5-6-24-14/h8H,5-7H2,1-4H3. The van der Waals surface area contributed by atoms with E-state index in [1.54, 1.807) is 0 Å². The number of aliphatic imine (C=N–C) groups is 1. The van der Waals surface area contributed by atoms with Crippen LogP contribution >= 0.6 is 11.8 Å². The van der Waals surface area contributed by atoms with Crippen LogP contribution in [-0.4, -0.2) is 35.4 Å². The summed E-state index contributed by atoms with van der Waals surface area (Å²) in [5.74, 6) is 0.00565. The van der Waals surface area contributed by atoms with Crippen LogP contribution in [0.2, 0.25) is 0 Å². The molecule has 0 spiro atoms. The Labute approximate surface area is 142 Å². The highest BCUT2D eigenvalue weighted by atomic mass is 32.2. The molecule has 1 aliphatic heterocycles. The van der Waals surface area contributed by atoms with Gasteiger partial charge in [0.15, 0.2) is 5.69 Å². The number of hydrogen-bond donors (Lipinski definition) is 0. The van der Waals surface area contributed by atoms with Crippen molar-refractivity contribution >= 4 is 22.8 Å². The summed E-state index contributed by atoms with van der Waals surface area (Å²) in [5, 5.41) is 0.302. The molecular formula is C16H19F3N2O2S. The largest absolute Gasteiger partial charge is 0.465 e. The predicted molar refractivity (Wildman–Crippen MR) is 87.7 cm³/mol. The highest BCUT2D eigenvalue weighted by Crippen LogP contribution is 2.38. The van der Waals surface area contributed by atoms with Crippen molar-refractivity contribution in [1.29, 1.82) is 0 Å². The number of hydrogen-bond acceptors (Lipinski definition) is 5. The number of methoxy groups -OCH3 is 1. The molecule has 0 radical (unpaired) electrons. The first-order chi connectivity index (χ1) is 11.2. The third kappa shape index (κ3) is 3.74. The SMILES string of the molecule is COC(=O)c1c(C)nc(C(F)(F)F)c(C2=NCCS2)c1CC(C)C.